The first-order valence-electron chi connectivity index (χ1n) is 7.93. The number of nitrogens with zero attached hydrogens (tertiary/aromatic N) is 2. The molecule has 30 heavy (non-hydrogen) atoms. The fraction of sp³-hybridized carbons (Fsp3) is 0.118. The molecular formula is C17H11F5N4O3S. The highest BCUT2D eigenvalue weighted by Crippen LogP contribution is 2.41. The van der Waals surface area contributed by atoms with Gasteiger partial charge in [-0.1, -0.05) is 0 Å². The minimum Gasteiger partial charge on any atom is -0.505 e. The topological polar surface area (TPSA) is 125 Å². The molecule has 4 aromatic rings. The van der Waals surface area contributed by atoms with Gasteiger partial charge in [0.25, 0.3) is 0 Å². The number of aromatic nitrogens is 3. The monoisotopic (exact) mass is 446 g/mol. The quantitative estimate of drug-likeness (QED) is 0.322. The number of aromatic amines is 1. The Morgan fingerprint density at radius 3 is 2.37 bits per heavy atom. The number of nitrogens with one attached hydrogen (secondary N) is 1. The van der Waals surface area contributed by atoms with Crippen molar-refractivity contribution in [2.24, 2.45) is 0 Å². The van der Waals surface area contributed by atoms with Crippen LogP contribution in [0, 0.1) is 18.6 Å². The molecule has 1 aromatic carbocycles. The summed E-state index contributed by atoms with van der Waals surface area (Å²) in [5.41, 5.74) is 6.78. The van der Waals surface area contributed by atoms with Gasteiger partial charge in [0.05, 0.1) is 26.7 Å². The predicted octanol–water partition coefficient (Wildman–Crippen LogP) is 4.35. The zero-order valence-corrected chi connectivity index (χ0v) is 15.6. The third-order valence-electron chi connectivity index (χ3n) is 3.94. The van der Waals surface area contributed by atoms with Crippen LogP contribution in [0.1, 0.15) is 5.69 Å². The molecule has 0 amide bonds. The number of thiophene rings is 1. The van der Waals surface area contributed by atoms with Gasteiger partial charge in [0.1, 0.15) is 5.82 Å². The number of nitrogens with two attached hydrogens (primary N) is 1. The molecule has 0 fully saturated rings. The molecule has 0 aliphatic rings. The number of aryl methyl sites for hydroxylation is 1. The number of aliphatic carboxylic acids is 1. The Kier molecular flexibility index (Phi) is 5.24. The number of fused-ring (bicyclic) bond motifs is 3. The van der Waals surface area contributed by atoms with Gasteiger partial charge in [0.15, 0.2) is 17.2 Å². The predicted molar refractivity (Wildman–Crippen MR) is 99.1 cm³/mol. The van der Waals surface area contributed by atoms with Gasteiger partial charge in [-0.2, -0.15) is 18.3 Å². The molecular weight excluding hydrogens is 435 g/mol. The molecule has 0 radical (unpaired) electrons. The number of hydrogen-bond donors (Lipinski definition) is 4. The van der Waals surface area contributed by atoms with Gasteiger partial charge in [-0.25, -0.2) is 18.6 Å². The van der Waals surface area contributed by atoms with Crippen LogP contribution in [0.5, 0.6) is 5.75 Å². The van der Waals surface area contributed by atoms with Crippen molar-refractivity contribution in [1.29, 1.82) is 0 Å². The van der Waals surface area contributed by atoms with Gasteiger partial charge in [-0.05, 0) is 19.1 Å². The standard InChI is InChI=1S/C15H10F2N4OS.C2HF3O2/c1-5-10-12-11(6(16)4-7(22)13(12)17)14(19-15(10)21-20-5)8-2-3-9(18)23-8;3-2(4,5)1(6)7/h2-4,22H,18H2,1H3,(H,19,20,21);(H,6,7). The van der Waals surface area contributed by atoms with E-state index in [9.17, 15) is 27.1 Å². The summed E-state index contributed by atoms with van der Waals surface area (Å²) >= 11 is 1.22. The number of halogens is 5. The fourth-order valence-corrected chi connectivity index (χ4v) is 3.48. The lowest BCUT2D eigenvalue weighted by Gasteiger charge is -2.09. The molecule has 3 heterocycles. The molecule has 0 saturated carbocycles. The zero-order valence-electron chi connectivity index (χ0n) is 14.8. The summed E-state index contributed by atoms with van der Waals surface area (Å²) < 4.78 is 60.8. The van der Waals surface area contributed by atoms with Crippen molar-refractivity contribution < 1.29 is 37.0 Å². The molecule has 0 spiro atoms. The third kappa shape index (κ3) is 3.70. The van der Waals surface area contributed by atoms with E-state index in [1.807, 2.05) is 0 Å². The van der Waals surface area contributed by atoms with Crippen LogP contribution in [0.15, 0.2) is 18.2 Å². The molecule has 13 heteroatoms. The number of pyridine rings is 1. The molecule has 0 atom stereocenters. The molecule has 0 aliphatic carbocycles. The Morgan fingerprint density at radius 1 is 1.20 bits per heavy atom. The highest BCUT2D eigenvalue weighted by molar-refractivity contribution is 7.19. The van der Waals surface area contributed by atoms with E-state index in [1.165, 1.54) is 11.3 Å². The maximum atomic E-state index is 14.6. The second-order valence-corrected chi connectivity index (χ2v) is 7.05. The highest BCUT2D eigenvalue weighted by Gasteiger charge is 2.38. The minimum absolute atomic E-state index is 0.000787. The number of phenolic OH excluding ortho intramolecular Hbond substituents is 1. The van der Waals surface area contributed by atoms with Crippen molar-refractivity contribution in [3.05, 3.63) is 35.5 Å². The van der Waals surface area contributed by atoms with Crippen molar-refractivity contribution in [3.63, 3.8) is 0 Å². The van der Waals surface area contributed by atoms with Crippen molar-refractivity contribution >= 4 is 44.1 Å². The number of hydrogen-bond acceptors (Lipinski definition) is 6. The summed E-state index contributed by atoms with van der Waals surface area (Å²) in [7, 11) is 0. The van der Waals surface area contributed by atoms with Gasteiger partial charge in [0.2, 0.25) is 0 Å². The van der Waals surface area contributed by atoms with Crippen LogP contribution < -0.4 is 5.73 Å². The van der Waals surface area contributed by atoms with E-state index in [0.717, 1.165) is 6.07 Å². The van der Waals surface area contributed by atoms with E-state index in [-0.39, 0.29) is 16.5 Å². The maximum absolute atomic E-state index is 14.6. The molecule has 5 N–H and O–H groups in total. The van der Waals surface area contributed by atoms with E-state index in [4.69, 9.17) is 15.6 Å². The van der Waals surface area contributed by atoms with Crippen molar-refractivity contribution in [2.75, 3.05) is 5.73 Å². The summed E-state index contributed by atoms with van der Waals surface area (Å²) in [6.45, 7) is 1.66. The summed E-state index contributed by atoms with van der Waals surface area (Å²) in [6.07, 6.45) is -5.08. The Hall–Kier alpha value is -3.48. The average Bonchev–Trinajstić information content (AvgIpc) is 3.24. The highest BCUT2D eigenvalue weighted by atomic mass is 32.1. The van der Waals surface area contributed by atoms with Crippen LogP contribution in [0.3, 0.4) is 0 Å². The SMILES string of the molecule is Cc1n[nH]c2nc(-c3ccc(N)s3)c3c(F)cc(O)c(F)c3c12.O=C(O)C(F)(F)F. The maximum Gasteiger partial charge on any atom is 0.490 e. The number of phenols is 1. The van der Waals surface area contributed by atoms with Crippen LogP contribution in [0.4, 0.5) is 27.0 Å². The van der Waals surface area contributed by atoms with Gasteiger partial charge < -0.3 is 15.9 Å². The third-order valence-corrected chi connectivity index (χ3v) is 4.86. The van der Waals surface area contributed by atoms with Crippen molar-refractivity contribution in [1.82, 2.24) is 15.2 Å². The Morgan fingerprint density at radius 2 is 1.83 bits per heavy atom. The van der Waals surface area contributed by atoms with Crippen LogP contribution in [-0.2, 0) is 4.79 Å². The number of H-pyrrole nitrogens is 1. The number of aromatic hydroxyl groups is 1. The largest absolute Gasteiger partial charge is 0.505 e. The van der Waals surface area contributed by atoms with Gasteiger partial charge in [0, 0.05) is 16.8 Å². The summed E-state index contributed by atoms with van der Waals surface area (Å²) in [4.78, 5) is 13.9. The number of rotatable bonds is 1. The summed E-state index contributed by atoms with van der Waals surface area (Å²) in [5.74, 6) is -5.16. The number of benzene rings is 1. The van der Waals surface area contributed by atoms with E-state index in [0.29, 0.717) is 26.6 Å². The fourth-order valence-electron chi connectivity index (χ4n) is 2.71. The molecule has 0 saturated heterocycles. The van der Waals surface area contributed by atoms with E-state index >= 15 is 0 Å². The second-order valence-electron chi connectivity index (χ2n) is 5.94. The first kappa shape index (κ1) is 21.2. The molecule has 158 valence electrons. The number of carboxylic acid groups (broad SMARTS) is 1. The average molecular weight is 446 g/mol. The summed E-state index contributed by atoms with van der Waals surface area (Å²) in [6, 6.07) is 4.12. The normalized spacial score (nSPS) is 11.5. The Labute approximate surface area is 167 Å². The van der Waals surface area contributed by atoms with Crippen molar-refractivity contribution in [3.8, 4) is 16.3 Å². The number of carboxylic acids is 1. The van der Waals surface area contributed by atoms with Gasteiger partial charge in [-0.3, -0.25) is 5.10 Å². The van der Waals surface area contributed by atoms with Crippen LogP contribution in [0.25, 0.3) is 32.4 Å². The van der Waals surface area contributed by atoms with E-state index < -0.39 is 29.5 Å². The zero-order chi connectivity index (χ0) is 22.4. The van der Waals surface area contributed by atoms with Crippen LogP contribution in [0.2, 0.25) is 0 Å². The van der Waals surface area contributed by atoms with Gasteiger partial charge in [-0.15, -0.1) is 11.3 Å². The number of carbonyl (C=O) groups is 1. The number of nitrogen functional groups attached to an aromatic ring is 1. The lowest BCUT2D eigenvalue weighted by molar-refractivity contribution is -0.192. The van der Waals surface area contributed by atoms with Crippen LogP contribution >= 0.6 is 11.3 Å². The molecule has 0 unspecified atom stereocenters. The second kappa shape index (κ2) is 7.40. The Balaban J connectivity index is 0.000000318. The van der Waals surface area contributed by atoms with Crippen LogP contribution in [-0.4, -0.2) is 37.5 Å². The van der Waals surface area contributed by atoms with Gasteiger partial charge >= 0.3 is 12.1 Å². The molecule has 4 rings (SSSR count). The van der Waals surface area contributed by atoms with E-state index in [1.54, 1.807) is 19.1 Å². The van der Waals surface area contributed by atoms with E-state index in [2.05, 4.69) is 15.2 Å². The lowest BCUT2D eigenvalue weighted by Crippen LogP contribution is -2.21. The molecule has 7 nitrogen and oxygen atoms in total. The summed E-state index contributed by atoms with van der Waals surface area (Å²) in [5, 5.41) is 24.3. The number of anilines is 1. The first-order chi connectivity index (χ1) is 13.9. The first-order valence-corrected chi connectivity index (χ1v) is 8.74. The lowest BCUT2D eigenvalue weighted by atomic mass is 10.0. The Bertz CT molecular complexity index is 1280. The number of alkyl halides is 3. The van der Waals surface area contributed by atoms with Crippen molar-refractivity contribution in [2.45, 2.75) is 13.1 Å². The molecule has 0 aliphatic heterocycles. The molecule has 0 bridgehead atoms. The minimum atomic E-state index is -5.08. The smallest absolute Gasteiger partial charge is 0.490 e. The molecule has 3 aromatic heterocycles.